The molecule has 0 amide bonds. The van der Waals surface area contributed by atoms with Gasteiger partial charge in [0.1, 0.15) is 5.69 Å². The summed E-state index contributed by atoms with van der Waals surface area (Å²) in [5.41, 5.74) is 7.02. The van der Waals surface area contributed by atoms with E-state index in [1.54, 1.807) is 36.4 Å². The van der Waals surface area contributed by atoms with Crippen molar-refractivity contribution in [1.29, 1.82) is 0 Å². The number of azo groups is 1. The number of benzene rings is 2. The first-order valence-electron chi connectivity index (χ1n) is 6.63. The summed E-state index contributed by atoms with van der Waals surface area (Å²) in [6, 6.07) is 17.9. The molecule has 0 saturated carbocycles. The molecule has 3 aromatic rings. The lowest BCUT2D eigenvalue weighted by atomic mass is 10.3. The van der Waals surface area contributed by atoms with Crippen LogP contribution in [0.5, 0.6) is 11.8 Å². The zero-order chi connectivity index (χ0) is 15.5. The lowest BCUT2D eigenvalue weighted by Gasteiger charge is -2.05. The molecule has 4 N–H and O–H groups in total. The molecule has 0 unspecified atom stereocenters. The van der Waals surface area contributed by atoms with Crippen molar-refractivity contribution >= 4 is 17.1 Å². The number of hydrogen-bond donors (Lipinski definition) is 3. The lowest BCUT2D eigenvalue weighted by Crippen LogP contribution is -1.92. The van der Waals surface area contributed by atoms with Crippen molar-refractivity contribution in [1.82, 2.24) is 4.57 Å². The largest absolute Gasteiger partial charge is 0.493 e. The Morgan fingerprint density at radius 2 is 1.36 bits per heavy atom. The molecule has 2 aromatic carbocycles. The molecule has 0 atom stereocenters. The molecule has 0 radical (unpaired) electrons. The van der Waals surface area contributed by atoms with E-state index in [9.17, 15) is 10.2 Å². The fraction of sp³-hybridized carbons (Fsp3) is 0. The Balaban J connectivity index is 2.05. The van der Waals surface area contributed by atoms with Gasteiger partial charge in [0.15, 0.2) is 5.69 Å². The number of para-hydroxylation sites is 1. The molecule has 0 saturated heterocycles. The minimum Gasteiger partial charge on any atom is -0.493 e. The van der Waals surface area contributed by atoms with Crippen LogP contribution in [0.2, 0.25) is 0 Å². The quantitative estimate of drug-likeness (QED) is 0.639. The van der Waals surface area contributed by atoms with E-state index in [-0.39, 0.29) is 23.1 Å². The Morgan fingerprint density at radius 1 is 0.773 bits per heavy atom. The fourth-order valence-electron chi connectivity index (χ4n) is 2.08. The van der Waals surface area contributed by atoms with Gasteiger partial charge in [-0.05, 0) is 24.3 Å². The average Bonchev–Trinajstić information content (AvgIpc) is 2.77. The molecule has 0 aliphatic heterocycles. The van der Waals surface area contributed by atoms with Crippen LogP contribution in [0, 0.1) is 0 Å². The number of nitrogens with zero attached hydrogens (tertiary/aromatic N) is 3. The second-order valence-electron chi connectivity index (χ2n) is 4.62. The first kappa shape index (κ1) is 13.7. The maximum Gasteiger partial charge on any atom is 0.229 e. The van der Waals surface area contributed by atoms with Gasteiger partial charge in [-0.25, -0.2) is 4.57 Å². The molecular formula is C16H14N4O2. The number of aromatic nitrogens is 1. The normalized spacial score (nSPS) is 11.1. The van der Waals surface area contributed by atoms with Crippen LogP contribution in [0.4, 0.5) is 17.1 Å². The molecule has 0 aliphatic rings. The van der Waals surface area contributed by atoms with Gasteiger partial charge in [-0.2, -0.15) is 5.11 Å². The van der Waals surface area contributed by atoms with E-state index in [4.69, 9.17) is 5.73 Å². The van der Waals surface area contributed by atoms with Crippen molar-refractivity contribution in [2.24, 2.45) is 10.2 Å². The zero-order valence-electron chi connectivity index (χ0n) is 11.6. The van der Waals surface area contributed by atoms with Crippen LogP contribution < -0.4 is 5.73 Å². The topological polar surface area (TPSA) is 96.1 Å². The Bertz CT molecular complexity index is 811. The maximum atomic E-state index is 10.3. The molecule has 0 aliphatic carbocycles. The Labute approximate surface area is 126 Å². The number of rotatable bonds is 3. The van der Waals surface area contributed by atoms with Gasteiger partial charge in [0.2, 0.25) is 11.8 Å². The van der Waals surface area contributed by atoms with E-state index in [0.29, 0.717) is 11.4 Å². The maximum absolute atomic E-state index is 10.3. The van der Waals surface area contributed by atoms with Crippen molar-refractivity contribution in [3.63, 3.8) is 0 Å². The zero-order valence-corrected chi connectivity index (χ0v) is 11.6. The van der Waals surface area contributed by atoms with Gasteiger partial charge in [0.25, 0.3) is 0 Å². The summed E-state index contributed by atoms with van der Waals surface area (Å²) in [5, 5.41) is 28.4. The van der Waals surface area contributed by atoms with Crippen LogP contribution in [0.25, 0.3) is 5.69 Å². The van der Waals surface area contributed by atoms with Crippen LogP contribution in [0.1, 0.15) is 0 Å². The molecule has 1 aromatic heterocycles. The van der Waals surface area contributed by atoms with Crippen molar-refractivity contribution in [2.75, 3.05) is 5.73 Å². The predicted molar refractivity (Wildman–Crippen MR) is 84.1 cm³/mol. The Hall–Kier alpha value is -3.28. The van der Waals surface area contributed by atoms with E-state index in [0.717, 1.165) is 0 Å². The summed E-state index contributed by atoms with van der Waals surface area (Å²) in [6.45, 7) is 0. The van der Waals surface area contributed by atoms with Crippen molar-refractivity contribution in [3.8, 4) is 17.4 Å². The molecular weight excluding hydrogens is 280 g/mol. The number of hydrogen-bond acceptors (Lipinski definition) is 5. The highest BCUT2D eigenvalue weighted by Crippen LogP contribution is 2.45. The van der Waals surface area contributed by atoms with Gasteiger partial charge >= 0.3 is 0 Å². The van der Waals surface area contributed by atoms with E-state index in [1.807, 2.05) is 24.3 Å². The third kappa shape index (κ3) is 2.37. The minimum absolute atomic E-state index is 0.0268. The molecule has 6 heteroatoms. The summed E-state index contributed by atoms with van der Waals surface area (Å²) in [5.74, 6) is -0.536. The molecule has 0 fully saturated rings. The molecule has 0 bridgehead atoms. The molecule has 3 rings (SSSR count). The summed E-state index contributed by atoms with van der Waals surface area (Å²) >= 11 is 0. The predicted octanol–water partition coefficient (Wildman–Crippen LogP) is 3.89. The first-order chi connectivity index (χ1) is 10.7. The minimum atomic E-state index is -0.272. The standard InChI is InChI=1S/C16H14N4O2/c17-13-14(19-18-11-7-3-1-4-8-11)16(22)20(15(13)21)12-9-5-2-6-10-12/h1-10,21-22H,17H2. The van der Waals surface area contributed by atoms with Crippen molar-refractivity contribution in [2.45, 2.75) is 0 Å². The van der Waals surface area contributed by atoms with E-state index in [2.05, 4.69) is 10.2 Å². The second-order valence-corrected chi connectivity index (χ2v) is 4.62. The van der Waals surface area contributed by atoms with Gasteiger partial charge in [-0.1, -0.05) is 36.4 Å². The highest BCUT2D eigenvalue weighted by Gasteiger charge is 2.21. The third-order valence-corrected chi connectivity index (χ3v) is 3.17. The Kier molecular flexibility index (Phi) is 3.49. The van der Waals surface area contributed by atoms with Gasteiger partial charge in [0.05, 0.1) is 11.4 Å². The summed E-state index contributed by atoms with van der Waals surface area (Å²) in [7, 11) is 0. The highest BCUT2D eigenvalue weighted by atomic mass is 16.3. The smallest absolute Gasteiger partial charge is 0.229 e. The number of nitrogen functional groups attached to an aromatic ring is 1. The van der Waals surface area contributed by atoms with Gasteiger partial charge in [0, 0.05) is 0 Å². The van der Waals surface area contributed by atoms with E-state index < -0.39 is 0 Å². The van der Waals surface area contributed by atoms with Crippen LogP contribution in [0.15, 0.2) is 70.9 Å². The monoisotopic (exact) mass is 294 g/mol. The number of aromatic hydroxyl groups is 2. The number of anilines is 1. The van der Waals surface area contributed by atoms with Crippen LogP contribution in [0.3, 0.4) is 0 Å². The van der Waals surface area contributed by atoms with E-state index in [1.165, 1.54) is 4.57 Å². The van der Waals surface area contributed by atoms with Gasteiger partial charge in [-0.3, -0.25) is 0 Å². The van der Waals surface area contributed by atoms with E-state index >= 15 is 0 Å². The Morgan fingerprint density at radius 3 is 2.00 bits per heavy atom. The van der Waals surface area contributed by atoms with Crippen LogP contribution in [-0.2, 0) is 0 Å². The molecule has 22 heavy (non-hydrogen) atoms. The van der Waals surface area contributed by atoms with Gasteiger partial charge in [-0.15, -0.1) is 5.11 Å². The molecule has 110 valence electrons. The highest BCUT2D eigenvalue weighted by molar-refractivity contribution is 5.77. The lowest BCUT2D eigenvalue weighted by molar-refractivity contribution is 0.404. The van der Waals surface area contributed by atoms with Crippen LogP contribution in [-0.4, -0.2) is 14.8 Å². The van der Waals surface area contributed by atoms with Crippen molar-refractivity contribution in [3.05, 3.63) is 60.7 Å². The average molecular weight is 294 g/mol. The SMILES string of the molecule is Nc1c(N=Nc2ccccc2)c(O)n(-c2ccccc2)c1O. The number of nitrogens with two attached hydrogens (primary N) is 1. The molecule has 0 spiro atoms. The third-order valence-electron chi connectivity index (χ3n) is 3.17. The van der Waals surface area contributed by atoms with Crippen LogP contribution >= 0.6 is 0 Å². The molecule has 6 nitrogen and oxygen atoms in total. The van der Waals surface area contributed by atoms with Gasteiger partial charge < -0.3 is 15.9 Å². The second kappa shape index (κ2) is 5.61. The summed E-state index contributed by atoms with van der Waals surface area (Å²) in [4.78, 5) is 0. The fourth-order valence-corrected chi connectivity index (χ4v) is 2.08. The first-order valence-corrected chi connectivity index (χ1v) is 6.63. The summed E-state index contributed by atoms with van der Waals surface area (Å²) in [6.07, 6.45) is 0. The molecule has 1 heterocycles. The summed E-state index contributed by atoms with van der Waals surface area (Å²) < 4.78 is 1.22. The van der Waals surface area contributed by atoms with Crippen molar-refractivity contribution < 1.29 is 10.2 Å².